The van der Waals surface area contributed by atoms with Gasteiger partial charge in [0.25, 0.3) is 6.43 Å². The fourth-order valence-corrected chi connectivity index (χ4v) is 2.65. The molecule has 0 bridgehead atoms. The molecule has 0 amide bonds. The van der Waals surface area contributed by atoms with Crippen LogP contribution in [0.15, 0.2) is 6.20 Å². The maximum absolute atomic E-state index is 12.9. The second kappa shape index (κ2) is 6.72. The van der Waals surface area contributed by atoms with Crippen LogP contribution in [0, 0.1) is 0 Å². The zero-order valence-corrected chi connectivity index (χ0v) is 11.2. The average molecular weight is 284 g/mol. The summed E-state index contributed by atoms with van der Waals surface area (Å²) in [6.07, 6.45) is 5.48. The largest absolute Gasteiger partial charge is 0.478 e. The van der Waals surface area contributed by atoms with E-state index in [9.17, 15) is 13.6 Å². The normalized spacial score (nSPS) is 17.8. The van der Waals surface area contributed by atoms with Gasteiger partial charge in [0, 0.05) is 12.1 Å². The molecule has 0 unspecified atom stereocenters. The fourth-order valence-electron chi connectivity index (χ4n) is 2.65. The van der Waals surface area contributed by atoms with E-state index in [0.29, 0.717) is 5.82 Å². The molecular weight excluding hydrogens is 266 g/mol. The standard InChI is InChI=1S/C14H18F2N2O2/c15-12(16)11-10(14(19)20)8-17-13(18-11)9-6-4-2-1-3-5-7-9/h8-9,12H,1-7H2,(H,19,20). The first kappa shape index (κ1) is 14.8. The van der Waals surface area contributed by atoms with Gasteiger partial charge in [-0.05, 0) is 12.8 Å². The van der Waals surface area contributed by atoms with Crippen LogP contribution >= 0.6 is 0 Å². The highest BCUT2D eigenvalue weighted by molar-refractivity contribution is 5.88. The number of halogens is 2. The van der Waals surface area contributed by atoms with E-state index in [1.807, 2.05) is 0 Å². The molecule has 1 aromatic heterocycles. The summed E-state index contributed by atoms with van der Waals surface area (Å²) >= 11 is 0. The summed E-state index contributed by atoms with van der Waals surface area (Å²) < 4.78 is 25.9. The van der Waals surface area contributed by atoms with Crippen LogP contribution in [-0.2, 0) is 0 Å². The summed E-state index contributed by atoms with van der Waals surface area (Å²) in [7, 11) is 0. The van der Waals surface area contributed by atoms with Crippen LogP contribution in [0.4, 0.5) is 8.78 Å². The third-order valence-corrected chi connectivity index (χ3v) is 3.74. The molecule has 1 heterocycles. The van der Waals surface area contributed by atoms with Crippen molar-refractivity contribution < 1.29 is 18.7 Å². The molecule has 0 radical (unpaired) electrons. The minimum atomic E-state index is -2.89. The summed E-state index contributed by atoms with van der Waals surface area (Å²) in [5.74, 6) is -0.979. The van der Waals surface area contributed by atoms with Crippen LogP contribution < -0.4 is 0 Å². The van der Waals surface area contributed by atoms with Gasteiger partial charge >= 0.3 is 5.97 Å². The van der Waals surface area contributed by atoms with Gasteiger partial charge in [0.2, 0.25) is 0 Å². The summed E-state index contributed by atoms with van der Waals surface area (Å²) in [6, 6.07) is 0. The van der Waals surface area contributed by atoms with E-state index in [1.54, 1.807) is 0 Å². The monoisotopic (exact) mass is 284 g/mol. The Morgan fingerprint density at radius 2 is 1.80 bits per heavy atom. The minimum Gasteiger partial charge on any atom is -0.478 e. The van der Waals surface area contributed by atoms with E-state index in [1.165, 1.54) is 6.42 Å². The molecule has 6 heteroatoms. The van der Waals surface area contributed by atoms with E-state index in [2.05, 4.69) is 9.97 Å². The Bertz CT molecular complexity index is 472. The number of alkyl halides is 2. The zero-order chi connectivity index (χ0) is 14.5. The Balaban J connectivity index is 2.27. The molecule has 1 aromatic rings. The van der Waals surface area contributed by atoms with Crippen molar-refractivity contribution in [2.24, 2.45) is 0 Å². The van der Waals surface area contributed by atoms with E-state index in [4.69, 9.17) is 5.11 Å². The van der Waals surface area contributed by atoms with Crippen molar-refractivity contribution in [3.8, 4) is 0 Å². The SMILES string of the molecule is O=C(O)c1cnc(C2CCCCCCC2)nc1C(F)F. The fraction of sp³-hybridized carbons (Fsp3) is 0.643. The Labute approximate surface area is 116 Å². The van der Waals surface area contributed by atoms with Crippen LogP contribution in [0.1, 0.15) is 79.2 Å². The summed E-state index contributed by atoms with van der Waals surface area (Å²) in [5, 5.41) is 8.88. The van der Waals surface area contributed by atoms with Crippen LogP contribution in [0.2, 0.25) is 0 Å². The smallest absolute Gasteiger partial charge is 0.339 e. The molecule has 0 aromatic carbocycles. The second-order valence-electron chi connectivity index (χ2n) is 5.18. The van der Waals surface area contributed by atoms with Crippen molar-refractivity contribution in [1.29, 1.82) is 0 Å². The average Bonchev–Trinajstić information content (AvgIpc) is 2.37. The molecule has 2 rings (SSSR count). The van der Waals surface area contributed by atoms with Gasteiger partial charge in [0.15, 0.2) is 0 Å². The van der Waals surface area contributed by atoms with Crippen molar-refractivity contribution in [1.82, 2.24) is 9.97 Å². The highest BCUT2D eigenvalue weighted by atomic mass is 19.3. The van der Waals surface area contributed by atoms with E-state index in [0.717, 1.165) is 44.7 Å². The van der Waals surface area contributed by atoms with Crippen molar-refractivity contribution in [2.75, 3.05) is 0 Å². The summed E-state index contributed by atoms with van der Waals surface area (Å²) in [4.78, 5) is 18.8. The molecule has 1 N–H and O–H groups in total. The van der Waals surface area contributed by atoms with Crippen LogP contribution in [0.3, 0.4) is 0 Å². The molecule has 1 saturated carbocycles. The third-order valence-electron chi connectivity index (χ3n) is 3.74. The molecule has 1 aliphatic rings. The van der Waals surface area contributed by atoms with Gasteiger partial charge in [-0.2, -0.15) is 0 Å². The van der Waals surface area contributed by atoms with Gasteiger partial charge in [-0.1, -0.05) is 32.1 Å². The molecule has 0 saturated heterocycles. The second-order valence-corrected chi connectivity index (χ2v) is 5.18. The van der Waals surface area contributed by atoms with Gasteiger partial charge in [0.05, 0.1) is 0 Å². The van der Waals surface area contributed by atoms with Gasteiger partial charge in [0.1, 0.15) is 17.1 Å². The quantitative estimate of drug-likeness (QED) is 0.913. The molecule has 0 atom stereocenters. The zero-order valence-electron chi connectivity index (χ0n) is 11.2. The summed E-state index contributed by atoms with van der Waals surface area (Å²) in [6.45, 7) is 0. The van der Waals surface area contributed by atoms with Crippen molar-refractivity contribution >= 4 is 5.97 Å². The lowest BCUT2D eigenvalue weighted by Crippen LogP contribution is -2.13. The number of carboxylic acid groups (broad SMARTS) is 1. The number of aromatic carboxylic acids is 1. The van der Waals surface area contributed by atoms with Crippen LogP contribution in [-0.4, -0.2) is 21.0 Å². The number of nitrogens with zero attached hydrogens (tertiary/aromatic N) is 2. The van der Waals surface area contributed by atoms with E-state index < -0.39 is 23.7 Å². The lowest BCUT2D eigenvalue weighted by atomic mass is 9.90. The first-order chi connectivity index (χ1) is 9.59. The van der Waals surface area contributed by atoms with Crippen LogP contribution in [0.25, 0.3) is 0 Å². The molecular formula is C14H18F2N2O2. The molecule has 110 valence electrons. The Morgan fingerprint density at radius 1 is 1.20 bits per heavy atom. The van der Waals surface area contributed by atoms with Gasteiger partial charge in [-0.25, -0.2) is 23.5 Å². The molecule has 1 fully saturated rings. The Morgan fingerprint density at radius 3 is 2.35 bits per heavy atom. The number of hydrogen-bond acceptors (Lipinski definition) is 3. The number of rotatable bonds is 3. The van der Waals surface area contributed by atoms with Crippen molar-refractivity contribution in [3.05, 3.63) is 23.3 Å². The van der Waals surface area contributed by atoms with Crippen LogP contribution in [0.5, 0.6) is 0 Å². The van der Waals surface area contributed by atoms with E-state index >= 15 is 0 Å². The van der Waals surface area contributed by atoms with E-state index in [-0.39, 0.29) is 5.92 Å². The Kier molecular flexibility index (Phi) is 4.98. The topological polar surface area (TPSA) is 63.1 Å². The molecule has 20 heavy (non-hydrogen) atoms. The summed E-state index contributed by atoms with van der Waals surface area (Å²) in [5.41, 5.74) is -1.17. The molecule has 0 aliphatic heterocycles. The highest BCUT2D eigenvalue weighted by Crippen LogP contribution is 2.30. The number of hydrogen-bond donors (Lipinski definition) is 1. The third kappa shape index (κ3) is 3.49. The van der Waals surface area contributed by atoms with Gasteiger partial charge in [-0.3, -0.25) is 0 Å². The minimum absolute atomic E-state index is 0.0654. The molecule has 4 nitrogen and oxygen atoms in total. The van der Waals surface area contributed by atoms with Crippen molar-refractivity contribution in [3.63, 3.8) is 0 Å². The lowest BCUT2D eigenvalue weighted by Gasteiger charge is -2.19. The molecule has 0 spiro atoms. The molecule has 1 aliphatic carbocycles. The predicted molar refractivity (Wildman–Crippen MR) is 69.0 cm³/mol. The van der Waals surface area contributed by atoms with Gasteiger partial charge < -0.3 is 5.11 Å². The highest BCUT2D eigenvalue weighted by Gasteiger charge is 2.24. The maximum atomic E-state index is 12.9. The first-order valence-electron chi connectivity index (χ1n) is 6.98. The maximum Gasteiger partial charge on any atom is 0.339 e. The van der Waals surface area contributed by atoms with Gasteiger partial charge in [-0.15, -0.1) is 0 Å². The number of carboxylic acids is 1. The number of aromatic nitrogens is 2. The first-order valence-corrected chi connectivity index (χ1v) is 6.98. The lowest BCUT2D eigenvalue weighted by molar-refractivity contribution is 0.0681. The Hall–Kier alpha value is -1.59. The predicted octanol–water partition coefficient (Wildman–Crippen LogP) is 3.94. The number of carbonyl (C=O) groups is 1. The van der Waals surface area contributed by atoms with Crippen molar-refractivity contribution in [2.45, 2.75) is 57.3 Å².